The first kappa shape index (κ1) is 24.4. The Bertz CT molecular complexity index is 860. The lowest BCUT2D eigenvalue weighted by atomic mass is 9.47. The Morgan fingerprint density at radius 3 is 2.46 bits per heavy atom. The number of ether oxygens (including phenoxy) is 2. The summed E-state index contributed by atoms with van der Waals surface area (Å²) in [4.78, 5) is 12.5. The van der Waals surface area contributed by atoms with Crippen molar-refractivity contribution in [1.82, 2.24) is 0 Å². The lowest BCUT2D eigenvalue weighted by Crippen LogP contribution is -2.57. The number of rotatable bonds is 6. The second-order valence-electron chi connectivity index (χ2n) is 13.4. The fourth-order valence-corrected chi connectivity index (χ4v) is 9.30. The van der Waals surface area contributed by atoms with E-state index in [1.165, 1.54) is 32.1 Å². The number of carbonyl (C=O) groups excluding carboxylic acids is 1. The van der Waals surface area contributed by atoms with Crippen molar-refractivity contribution in [1.29, 1.82) is 0 Å². The normalized spacial score (nSPS) is 44.8. The van der Waals surface area contributed by atoms with Crippen LogP contribution in [0, 0.1) is 34.5 Å². The Hall–Kier alpha value is -0.970. The Kier molecular flexibility index (Phi) is 6.13. The zero-order valence-corrected chi connectivity index (χ0v) is 21.7. The summed E-state index contributed by atoms with van der Waals surface area (Å²) in [6.45, 7) is 4.52. The van der Waals surface area contributed by atoms with E-state index in [0.29, 0.717) is 42.3 Å². The molecular weight excluding hydrogens is 446 g/mol. The van der Waals surface area contributed by atoms with E-state index in [1.807, 2.05) is 6.08 Å². The number of esters is 1. The molecule has 0 amide bonds. The van der Waals surface area contributed by atoms with Crippen LogP contribution in [0.15, 0.2) is 11.6 Å². The summed E-state index contributed by atoms with van der Waals surface area (Å²) in [5.41, 5.74) is -0.0193. The minimum Gasteiger partial charge on any atom is -0.456 e. The molecule has 6 aliphatic rings. The van der Waals surface area contributed by atoms with Crippen LogP contribution in [-0.4, -0.2) is 30.2 Å². The molecule has 0 aromatic rings. The lowest BCUT2D eigenvalue weighted by Gasteiger charge is -2.59. The van der Waals surface area contributed by atoms with Crippen LogP contribution in [0.4, 0.5) is 8.78 Å². The molecule has 0 aromatic carbocycles. The maximum Gasteiger partial charge on any atom is 0.306 e. The number of halogens is 2. The molecule has 0 aliphatic heterocycles. The highest BCUT2D eigenvalue weighted by Crippen LogP contribution is 2.67. The van der Waals surface area contributed by atoms with Crippen LogP contribution >= 0.6 is 0 Å². The van der Waals surface area contributed by atoms with Crippen molar-refractivity contribution in [3.05, 3.63) is 11.6 Å². The highest BCUT2D eigenvalue weighted by molar-refractivity contribution is 5.69. The SMILES string of the molecule is C[C@]12CC[C@H]3[C@@H](CC=C4C(F)(F)[C@@H](OC(=O)CCC5CCCC5)CC[C@@]43C)[C@@H]1CC[C@@H]2OC1CC1. The summed E-state index contributed by atoms with van der Waals surface area (Å²) in [6.07, 6.45) is 15.7. The van der Waals surface area contributed by atoms with E-state index in [4.69, 9.17) is 9.47 Å². The molecule has 0 aromatic heterocycles. The molecule has 0 heterocycles. The summed E-state index contributed by atoms with van der Waals surface area (Å²) in [7, 11) is 0. The van der Waals surface area contributed by atoms with Crippen LogP contribution in [0.5, 0.6) is 0 Å². The zero-order chi connectivity index (χ0) is 24.4. The van der Waals surface area contributed by atoms with Gasteiger partial charge >= 0.3 is 11.9 Å². The number of fused-ring (bicyclic) bond motifs is 5. The van der Waals surface area contributed by atoms with Gasteiger partial charge in [-0.25, -0.2) is 0 Å². The van der Waals surface area contributed by atoms with Crippen molar-refractivity contribution in [2.75, 3.05) is 0 Å². The number of hydrogen-bond donors (Lipinski definition) is 0. The summed E-state index contributed by atoms with van der Waals surface area (Å²) in [6, 6.07) is 0. The van der Waals surface area contributed by atoms with Gasteiger partial charge in [-0.3, -0.25) is 4.79 Å². The van der Waals surface area contributed by atoms with Crippen LogP contribution in [0.1, 0.15) is 110 Å². The molecule has 0 unspecified atom stereocenters. The maximum atomic E-state index is 15.9. The van der Waals surface area contributed by atoms with Gasteiger partial charge in [-0.1, -0.05) is 45.6 Å². The van der Waals surface area contributed by atoms with Crippen molar-refractivity contribution in [2.45, 2.75) is 134 Å². The van der Waals surface area contributed by atoms with E-state index in [2.05, 4.69) is 13.8 Å². The fraction of sp³-hybridized carbons (Fsp3) is 0.900. The van der Waals surface area contributed by atoms with Gasteiger partial charge in [0.05, 0.1) is 12.2 Å². The molecule has 6 aliphatic carbocycles. The molecule has 5 heteroatoms. The van der Waals surface area contributed by atoms with Gasteiger partial charge in [0, 0.05) is 12.0 Å². The zero-order valence-electron chi connectivity index (χ0n) is 21.7. The topological polar surface area (TPSA) is 35.5 Å². The van der Waals surface area contributed by atoms with E-state index in [0.717, 1.165) is 44.9 Å². The molecule has 196 valence electrons. The second-order valence-corrected chi connectivity index (χ2v) is 13.4. The lowest BCUT2D eigenvalue weighted by molar-refractivity contribution is -0.184. The molecule has 0 saturated heterocycles. The predicted molar refractivity (Wildman–Crippen MR) is 131 cm³/mol. The summed E-state index contributed by atoms with van der Waals surface area (Å²) >= 11 is 0. The molecule has 0 bridgehead atoms. The molecule has 3 nitrogen and oxygen atoms in total. The van der Waals surface area contributed by atoms with Crippen LogP contribution in [0.3, 0.4) is 0 Å². The number of allylic oxidation sites excluding steroid dienone is 1. The molecule has 0 spiro atoms. The first-order chi connectivity index (χ1) is 16.7. The average Bonchev–Trinajstić information content (AvgIpc) is 3.35. The highest BCUT2D eigenvalue weighted by Gasteiger charge is 2.64. The number of alkyl halides is 2. The van der Waals surface area contributed by atoms with Crippen molar-refractivity contribution in [3.63, 3.8) is 0 Å². The molecule has 6 rings (SSSR count). The van der Waals surface area contributed by atoms with Gasteiger partial charge in [-0.2, -0.15) is 8.78 Å². The van der Waals surface area contributed by atoms with Crippen LogP contribution < -0.4 is 0 Å². The number of carbonyl (C=O) groups is 1. The van der Waals surface area contributed by atoms with Crippen LogP contribution in [0.25, 0.3) is 0 Å². The summed E-state index contributed by atoms with van der Waals surface area (Å²) in [5.74, 6) is -1.59. The molecule has 5 fully saturated rings. The third-order valence-electron chi connectivity index (χ3n) is 11.5. The Balaban J connectivity index is 1.15. The minimum atomic E-state index is -3.06. The molecule has 5 saturated carbocycles. The first-order valence-corrected chi connectivity index (χ1v) is 14.7. The van der Waals surface area contributed by atoms with E-state index >= 15 is 8.78 Å². The second kappa shape index (κ2) is 8.81. The van der Waals surface area contributed by atoms with E-state index in [1.54, 1.807) is 0 Å². The Morgan fingerprint density at radius 1 is 0.943 bits per heavy atom. The van der Waals surface area contributed by atoms with E-state index in [9.17, 15) is 4.79 Å². The van der Waals surface area contributed by atoms with Crippen molar-refractivity contribution >= 4 is 5.97 Å². The van der Waals surface area contributed by atoms with Gasteiger partial charge in [-0.15, -0.1) is 0 Å². The first-order valence-electron chi connectivity index (χ1n) is 14.7. The largest absolute Gasteiger partial charge is 0.456 e. The van der Waals surface area contributed by atoms with Gasteiger partial charge in [0.25, 0.3) is 0 Å². The third kappa shape index (κ3) is 4.10. The molecule has 0 radical (unpaired) electrons. The third-order valence-corrected chi connectivity index (χ3v) is 11.5. The molecular formula is C30H44F2O3. The van der Waals surface area contributed by atoms with Crippen molar-refractivity contribution in [3.8, 4) is 0 Å². The van der Waals surface area contributed by atoms with Gasteiger partial charge < -0.3 is 9.47 Å². The van der Waals surface area contributed by atoms with Gasteiger partial charge in [-0.05, 0) is 98.7 Å². The number of hydrogen-bond acceptors (Lipinski definition) is 3. The van der Waals surface area contributed by atoms with Gasteiger partial charge in [0.15, 0.2) is 6.10 Å². The Labute approximate surface area is 209 Å². The highest BCUT2D eigenvalue weighted by atomic mass is 19.3. The average molecular weight is 491 g/mol. The smallest absolute Gasteiger partial charge is 0.306 e. The standard InChI is InChI=1S/C30H44F2O3/c1-28-18-16-26(35-27(33)14-7-19-5-3-4-6-19)30(31,32)24(28)12-10-21-22-11-13-25(34-20-8-9-20)29(22,2)17-15-23(21)28/h12,19-23,25-26H,3-11,13-18H2,1-2H3/t21-,22-,23-,25-,26-,28+,29-/m0/s1. The van der Waals surface area contributed by atoms with E-state index in [-0.39, 0.29) is 23.8 Å². The van der Waals surface area contributed by atoms with Gasteiger partial charge in [0.1, 0.15) is 0 Å². The maximum absolute atomic E-state index is 15.9. The Morgan fingerprint density at radius 2 is 1.71 bits per heavy atom. The molecule has 0 N–H and O–H groups in total. The summed E-state index contributed by atoms with van der Waals surface area (Å²) < 4.78 is 43.8. The van der Waals surface area contributed by atoms with Gasteiger partial charge in [0.2, 0.25) is 0 Å². The quantitative estimate of drug-likeness (QED) is 0.284. The van der Waals surface area contributed by atoms with Crippen LogP contribution in [0.2, 0.25) is 0 Å². The predicted octanol–water partition coefficient (Wildman–Crippen LogP) is 7.62. The van der Waals surface area contributed by atoms with Crippen molar-refractivity contribution in [2.24, 2.45) is 34.5 Å². The monoisotopic (exact) mass is 490 g/mol. The van der Waals surface area contributed by atoms with Crippen LogP contribution in [-0.2, 0) is 14.3 Å². The van der Waals surface area contributed by atoms with E-state index < -0.39 is 23.4 Å². The fourth-order valence-electron chi connectivity index (χ4n) is 9.30. The minimum absolute atomic E-state index is 0.194. The molecule has 7 atom stereocenters. The molecule has 35 heavy (non-hydrogen) atoms. The summed E-state index contributed by atoms with van der Waals surface area (Å²) in [5, 5.41) is 0. The van der Waals surface area contributed by atoms with Crippen molar-refractivity contribution < 1.29 is 23.0 Å².